The Balaban J connectivity index is 2.20. The van der Waals surface area contributed by atoms with Crippen LogP contribution in [-0.2, 0) is 16.0 Å². The summed E-state index contributed by atoms with van der Waals surface area (Å²) in [5.41, 5.74) is 0.149. The van der Waals surface area contributed by atoms with E-state index in [2.05, 4.69) is 10.2 Å². The average molecular weight is 332 g/mol. The molecule has 0 spiro atoms. The molecule has 1 aliphatic rings. The minimum atomic E-state index is -1.35. The molecule has 1 aromatic carbocycles. The number of aromatic amines is 2. The van der Waals surface area contributed by atoms with Crippen molar-refractivity contribution in [1.29, 1.82) is 0 Å². The molecule has 1 aliphatic carbocycles. The zero-order chi connectivity index (χ0) is 17.5. The van der Waals surface area contributed by atoms with E-state index in [9.17, 15) is 14.7 Å². The molecule has 2 aromatic rings. The third-order valence-electron chi connectivity index (χ3n) is 4.68. The highest BCUT2D eigenvalue weighted by Gasteiger charge is 2.51. The van der Waals surface area contributed by atoms with Gasteiger partial charge < -0.3 is 19.7 Å². The molecule has 0 amide bonds. The van der Waals surface area contributed by atoms with E-state index in [1.54, 1.807) is 38.3 Å². The van der Waals surface area contributed by atoms with Crippen LogP contribution in [0.25, 0.3) is 0 Å². The Labute approximate surface area is 138 Å². The van der Waals surface area contributed by atoms with Gasteiger partial charge in [-0.25, -0.2) is 0 Å². The first-order chi connectivity index (χ1) is 11.4. The number of rotatable bonds is 3. The van der Waals surface area contributed by atoms with Crippen LogP contribution in [-0.4, -0.2) is 41.1 Å². The van der Waals surface area contributed by atoms with Gasteiger partial charge in [-0.3, -0.25) is 14.7 Å². The molecular formula is C17H20N2O5. The van der Waals surface area contributed by atoms with Gasteiger partial charge in [0.2, 0.25) is 0 Å². The van der Waals surface area contributed by atoms with Crippen LogP contribution < -0.4 is 10.3 Å². The van der Waals surface area contributed by atoms with Crippen LogP contribution in [0.15, 0.2) is 29.1 Å². The Kier molecular flexibility index (Phi) is 3.96. The SMILES string of the molecule is COC(=O)[C@@H]1[C@@H](c2ccc(OC)cc2)c2c([nH][nH]c2=O)C[C@]1(C)O. The monoisotopic (exact) mass is 332 g/mol. The number of methoxy groups -OCH3 is 2. The maximum atomic E-state index is 12.4. The van der Waals surface area contributed by atoms with Crippen molar-refractivity contribution in [3.63, 3.8) is 0 Å². The highest BCUT2D eigenvalue weighted by Crippen LogP contribution is 2.44. The van der Waals surface area contributed by atoms with Crippen molar-refractivity contribution in [2.45, 2.75) is 24.9 Å². The minimum Gasteiger partial charge on any atom is -0.497 e. The molecule has 24 heavy (non-hydrogen) atoms. The number of benzene rings is 1. The van der Waals surface area contributed by atoms with Crippen molar-refractivity contribution >= 4 is 5.97 Å². The number of carbonyl (C=O) groups excluding carboxylic acids is 1. The van der Waals surface area contributed by atoms with Gasteiger partial charge in [0.1, 0.15) is 5.75 Å². The van der Waals surface area contributed by atoms with E-state index in [1.165, 1.54) is 7.11 Å². The van der Waals surface area contributed by atoms with Gasteiger partial charge in [0.15, 0.2) is 0 Å². The van der Waals surface area contributed by atoms with E-state index in [-0.39, 0.29) is 12.0 Å². The largest absolute Gasteiger partial charge is 0.497 e. The number of aliphatic hydroxyl groups is 1. The Morgan fingerprint density at radius 1 is 1.25 bits per heavy atom. The molecule has 0 fully saturated rings. The van der Waals surface area contributed by atoms with E-state index < -0.39 is 23.4 Å². The highest BCUT2D eigenvalue weighted by molar-refractivity contribution is 5.77. The normalized spacial score (nSPS) is 25.8. The summed E-state index contributed by atoms with van der Waals surface area (Å²) < 4.78 is 10.1. The summed E-state index contributed by atoms with van der Waals surface area (Å²) in [5.74, 6) is -1.39. The number of hydrogen-bond acceptors (Lipinski definition) is 5. The molecule has 3 atom stereocenters. The number of hydrogen-bond donors (Lipinski definition) is 3. The lowest BCUT2D eigenvalue weighted by molar-refractivity contribution is -0.156. The van der Waals surface area contributed by atoms with Gasteiger partial charge in [-0.15, -0.1) is 0 Å². The standard InChI is InChI=1S/C17H20N2O5/c1-17(22)8-11-13(15(20)19-18-11)12(14(17)16(21)24-3)9-4-6-10(23-2)7-5-9/h4-7,12,14,22H,8H2,1-3H3,(H2,18,19,20)/t12-,14-,17-/m0/s1. The number of H-pyrrole nitrogens is 2. The molecule has 7 heteroatoms. The molecule has 0 bridgehead atoms. The lowest BCUT2D eigenvalue weighted by Crippen LogP contribution is -2.49. The van der Waals surface area contributed by atoms with Crippen LogP contribution >= 0.6 is 0 Å². The van der Waals surface area contributed by atoms with Gasteiger partial charge in [0.25, 0.3) is 5.56 Å². The molecule has 3 N–H and O–H groups in total. The predicted molar refractivity (Wildman–Crippen MR) is 86.1 cm³/mol. The summed E-state index contributed by atoms with van der Waals surface area (Å²) in [6, 6.07) is 7.09. The molecule has 0 radical (unpaired) electrons. The fourth-order valence-corrected chi connectivity index (χ4v) is 3.55. The van der Waals surface area contributed by atoms with Crippen molar-refractivity contribution in [1.82, 2.24) is 10.2 Å². The Morgan fingerprint density at radius 3 is 2.50 bits per heavy atom. The summed E-state index contributed by atoms with van der Waals surface area (Å²) in [5, 5.41) is 16.2. The number of esters is 1. The van der Waals surface area contributed by atoms with E-state index in [4.69, 9.17) is 9.47 Å². The van der Waals surface area contributed by atoms with Crippen LogP contribution in [0.3, 0.4) is 0 Å². The maximum Gasteiger partial charge on any atom is 0.312 e. The van der Waals surface area contributed by atoms with E-state index in [0.717, 1.165) is 5.56 Å². The Hall–Kier alpha value is -2.54. The summed E-state index contributed by atoms with van der Waals surface area (Å²) in [6.45, 7) is 1.58. The maximum absolute atomic E-state index is 12.4. The zero-order valence-corrected chi connectivity index (χ0v) is 13.8. The molecule has 1 heterocycles. The molecule has 0 saturated heterocycles. The first-order valence-electron chi connectivity index (χ1n) is 7.62. The summed E-state index contributed by atoms with van der Waals surface area (Å²) in [4.78, 5) is 24.7. The number of ether oxygens (including phenoxy) is 2. The summed E-state index contributed by atoms with van der Waals surface area (Å²) in [6.07, 6.45) is 0.160. The van der Waals surface area contributed by atoms with Gasteiger partial charge >= 0.3 is 5.97 Å². The van der Waals surface area contributed by atoms with Crippen LogP contribution in [0.2, 0.25) is 0 Å². The summed E-state index contributed by atoms with van der Waals surface area (Å²) >= 11 is 0. The van der Waals surface area contributed by atoms with Crippen molar-refractivity contribution in [2.24, 2.45) is 5.92 Å². The third-order valence-corrected chi connectivity index (χ3v) is 4.68. The minimum absolute atomic E-state index is 0.160. The smallest absolute Gasteiger partial charge is 0.312 e. The van der Waals surface area contributed by atoms with Crippen molar-refractivity contribution in [3.05, 3.63) is 51.4 Å². The number of carbonyl (C=O) groups is 1. The fourth-order valence-electron chi connectivity index (χ4n) is 3.55. The topological polar surface area (TPSA) is 104 Å². The third kappa shape index (κ3) is 2.50. The molecule has 1 aromatic heterocycles. The number of fused-ring (bicyclic) bond motifs is 1. The molecule has 0 saturated carbocycles. The Bertz CT molecular complexity index is 803. The molecule has 0 aliphatic heterocycles. The average Bonchev–Trinajstić information content (AvgIpc) is 2.92. The van der Waals surface area contributed by atoms with Crippen LogP contribution in [0.4, 0.5) is 0 Å². The van der Waals surface area contributed by atoms with Gasteiger partial charge in [0, 0.05) is 23.6 Å². The predicted octanol–water partition coefficient (Wildman–Crippen LogP) is 0.940. The summed E-state index contributed by atoms with van der Waals surface area (Å²) in [7, 11) is 2.84. The van der Waals surface area contributed by atoms with Gasteiger partial charge in [0.05, 0.1) is 25.7 Å². The van der Waals surface area contributed by atoms with Crippen LogP contribution in [0.1, 0.15) is 29.7 Å². The van der Waals surface area contributed by atoms with E-state index in [0.29, 0.717) is 17.0 Å². The van der Waals surface area contributed by atoms with Crippen molar-refractivity contribution in [2.75, 3.05) is 14.2 Å². The fraction of sp³-hybridized carbons (Fsp3) is 0.412. The molecule has 3 rings (SSSR count). The van der Waals surface area contributed by atoms with E-state index >= 15 is 0 Å². The van der Waals surface area contributed by atoms with Crippen LogP contribution in [0, 0.1) is 5.92 Å². The van der Waals surface area contributed by atoms with Gasteiger partial charge in [-0.05, 0) is 24.6 Å². The van der Waals surface area contributed by atoms with E-state index in [1.807, 2.05) is 0 Å². The van der Waals surface area contributed by atoms with Crippen molar-refractivity contribution < 1.29 is 19.4 Å². The lowest BCUT2D eigenvalue weighted by Gasteiger charge is -2.40. The first kappa shape index (κ1) is 16.3. The second-order valence-electron chi connectivity index (χ2n) is 6.26. The second kappa shape index (κ2) is 5.83. The van der Waals surface area contributed by atoms with Crippen molar-refractivity contribution in [3.8, 4) is 5.75 Å². The van der Waals surface area contributed by atoms with Crippen LogP contribution in [0.5, 0.6) is 5.75 Å². The Morgan fingerprint density at radius 2 is 1.92 bits per heavy atom. The zero-order valence-electron chi connectivity index (χ0n) is 13.8. The number of nitrogens with one attached hydrogen (secondary N) is 2. The quantitative estimate of drug-likeness (QED) is 0.726. The molecule has 128 valence electrons. The van der Waals surface area contributed by atoms with Gasteiger partial charge in [-0.2, -0.15) is 0 Å². The molecule has 7 nitrogen and oxygen atoms in total. The second-order valence-corrected chi connectivity index (χ2v) is 6.26. The lowest BCUT2D eigenvalue weighted by atomic mass is 9.66. The highest BCUT2D eigenvalue weighted by atomic mass is 16.5. The first-order valence-corrected chi connectivity index (χ1v) is 7.62. The number of aromatic nitrogens is 2. The van der Waals surface area contributed by atoms with Gasteiger partial charge in [-0.1, -0.05) is 12.1 Å². The molecular weight excluding hydrogens is 312 g/mol. The molecule has 0 unspecified atom stereocenters.